The third kappa shape index (κ3) is 12.5. The molecule has 3 fully saturated rings. The third-order valence-electron chi connectivity index (χ3n) is 13.5. The van der Waals surface area contributed by atoms with Gasteiger partial charge in [-0.05, 0) is 102 Å². The Morgan fingerprint density at radius 1 is 0.951 bits per heavy atom. The zero-order chi connectivity index (χ0) is 45.2. The summed E-state index contributed by atoms with van der Waals surface area (Å²) in [5, 5.41) is 26.7. The summed E-state index contributed by atoms with van der Waals surface area (Å²) in [7, 11) is 4.65. The molecule has 0 aromatic carbocycles. The number of esters is 1. The monoisotopic (exact) mass is 863 g/mol. The Labute approximate surface area is 362 Å². The number of methoxy groups -OCH3 is 3. The normalized spacial score (nSPS) is 39.0. The number of carbonyl (C=O) groups is 5. The number of rotatable bonds is 8. The number of carbonyl (C=O) groups excluding carboxylic acids is 5. The molecule has 3 heterocycles. The molecule has 0 aromatic rings. The zero-order valence-electron chi connectivity index (χ0n) is 38.2. The van der Waals surface area contributed by atoms with E-state index in [4.69, 9.17) is 28.4 Å². The molecule has 0 spiro atoms. The second-order valence-electron chi connectivity index (χ2n) is 18.1. The van der Waals surface area contributed by atoms with Crippen LogP contribution in [0.2, 0.25) is 0 Å². The first-order valence-electron chi connectivity index (χ1n) is 22.5. The molecule has 4 rings (SSSR count). The van der Waals surface area contributed by atoms with E-state index in [1.165, 1.54) is 19.1 Å². The minimum Gasteiger partial charge on any atom is -0.456 e. The number of aliphatic hydroxyl groups excluding tert-OH is 1. The number of nitrogens with one attached hydrogen (secondary N) is 1. The van der Waals surface area contributed by atoms with Crippen molar-refractivity contribution < 1.29 is 62.6 Å². The molecule has 2 saturated heterocycles. The first-order valence-corrected chi connectivity index (χ1v) is 22.5. The second-order valence-corrected chi connectivity index (χ2v) is 18.1. The molecule has 2 amide bonds. The zero-order valence-corrected chi connectivity index (χ0v) is 38.2. The lowest BCUT2D eigenvalue weighted by Crippen LogP contribution is -2.64. The summed E-state index contributed by atoms with van der Waals surface area (Å²) in [6.45, 7) is 13.2. The number of nitrogens with zero attached hydrogens (tertiary/aromatic N) is 1. The van der Waals surface area contributed by atoms with Crippen LogP contribution in [0.5, 0.6) is 0 Å². The lowest BCUT2D eigenvalue weighted by Gasteiger charge is -2.47. The van der Waals surface area contributed by atoms with Gasteiger partial charge < -0.3 is 48.9 Å². The molecule has 0 radical (unpaired) electrons. The van der Waals surface area contributed by atoms with Crippen LogP contribution in [-0.4, -0.2) is 134 Å². The smallest absolute Gasteiger partial charge is 0.407 e. The number of amides is 2. The predicted molar refractivity (Wildman–Crippen MR) is 226 cm³/mol. The first kappa shape index (κ1) is 50.4. The average Bonchev–Trinajstić information content (AvgIpc) is 3.23. The van der Waals surface area contributed by atoms with Crippen molar-refractivity contribution in [1.82, 2.24) is 10.2 Å². The molecule has 15 heteroatoms. The van der Waals surface area contributed by atoms with Gasteiger partial charge in [-0.25, -0.2) is 9.59 Å². The molecule has 1 aliphatic carbocycles. The molecule has 4 aliphatic rings. The number of allylic oxidation sites excluding steroid dienone is 3. The van der Waals surface area contributed by atoms with Gasteiger partial charge in [-0.1, -0.05) is 45.4 Å². The maximum absolute atomic E-state index is 14.4. The van der Waals surface area contributed by atoms with Crippen LogP contribution in [0.4, 0.5) is 4.79 Å². The highest BCUT2D eigenvalue weighted by molar-refractivity contribution is 6.39. The highest BCUT2D eigenvalue weighted by Gasteiger charge is 2.56. The molecule has 0 aromatic heterocycles. The molecule has 15 nitrogen and oxygen atoms in total. The Bertz CT molecular complexity index is 1580. The van der Waals surface area contributed by atoms with Crippen LogP contribution in [0.25, 0.3) is 0 Å². The van der Waals surface area contributed by atoms with Crippen LogP contribution in [0.15, 0.2) is 23.3 Å². The SMILES string of the molecule is CCOC(=O)N[C@H]1CC[C@@H](/C=C(\C)[C@H]2OC(=O)[C@@H]3CCCCN3C(=O)C(=O)[C@]3(O)O[C@H]([C@@H](OC)C[C@@H](C)C/C(C)=C/[C@@H](CC)C(=O)C[C@H](O)[C@H]2C)[C@@H](OC)C[C@H]3C)C[C@H]1OC. The lowest BCUT2D eigenvalue weighted by atomic mass is 9.81. The van der Waals surface area contributed by atoms with E-state index in [0.717, 1.165) is 5.57 Å². The fourth-order valence-electron chi connectivity index (χ4n) is 9.90. The van der Waals surface area contributed by atoms with Crippen LogP contribution in [0.1, 0.15) is 119 Å². The van der Waals surface area contributed by atoms with Gasteiger partial charge in [0.1, 0.15) is 24.0 Å². The first-order chi connectivity index (χ1) is 28.9. The van der Waals surface area contributed by atoms with E-state index >= 15 is 0 Å². The van der Waals surface area contributed by atoms with Crippen molar-refractivity contribution in [2.24, 2.45) is 29.6 Å². The number of hydrogen-bond acceptors (Lipinski definition) is 13. The van der Waals surface area contributed by atoms with Crippen molar-refractivity contribution in [3.05, 3.63) is 23.3 Å². The van der Waals surface area contributed by atoms with E-state index in [-0.39, 0.29) is 62.2 Å². The summed E-state index contributed by atoms with van der Waals surface area (Å²) in [5.74, 6) is -7.68. The van der Waals surface area contributed by atoms with Gasteiger partial charge in [0.05, 0.1) is 37.1 Å². The Hall–Kier alpha value is -3.21. The molecule has 61 heavy (non-hydrogen) atoms. The second kappa shape index (κ2) is 22.9. The van der Waals surface area contributed by atoms with E-state index in [1.807, 2.05) is 39.8 Å². The van der Waals surface area contributed by atoms with Crippen molar-refractivity contribution in [3.63, 3.8) is 0 Å². The van der Waals surface area contributed by atoms with Gasteiger partial charge in [-0.2, -0.15) is 0 Å². The molecule has 14 atom stereocenters. The summed E-state index contributed by atoms with van der Waals surface area (Å²) in [4.78, 5) is 70.3. The predicted octanol–water partition coefficient (Wildman–Crippen LogP) is 5.23. The summed E-state index contributed by atoms with van der Waals surface area (Å²) in [6.07, 6.45) is 3.69. The molecule has 3 aliphatic heterocycles. The number of aliphatic hydroxyl groups is 2. The van der Waals surface area contributed by atoms with Gasteiger partial charge in [-0.3, -0.25) is 14.4 Å². The molecule has 0 unspecified atom stereocenters. The van der Waals surface area contributed by atoms with Gasteiger partial charge in [-0.15, -0.1) is 0 Å². The fraction of sp³-hybridized carbons (Fsp3) is 0.804. The number of piperidine rings is 1. The van der Waals surface area contributed by atoms with Crippen LogP contribution in [0.3, 0.4) is 0 Å². The topological polar surface area (TPSA) is 196 Å². The largest absolute Gasteiger partial charge is 0.456 e. The lowest BCUT2D eigenvalue weighted by molar-refractivity contribution is -0.302. The van der Waals surface area contributed by atoms with Crippen LogP contribution in [0, 0.1) is 29.6 Å². The van der Waals surface area contributed by atoms with Gasteiger partial charge in [0.15, 0.2) is 0 Å². The van der Waals surface area contributed by atoms with E-state index in [2.05, 4.69) is 5.32 Å². The average molecular weight is 863 g/mol. The third-order valence-corrected chi connectivity index (χ3v) is 13.5. The molecular weight excluding hydrogens is 789 g/mol. The van der Waals surface area contributed by atoms with E-state index in [9.17, 15) is 34.2 Å². The maximum atomic E-state index is 14.4. The number of cyclic esters (lactones) is 1. The number of hydrogen-bond donors (Lipinski definition) is 3. The summed E-state index contributed by atoms with van der Waals surface area (Å²) < 4.78 is 35.2. The minimum atomic E-state index is -2.52. The van der Waals surface area contributed by atoms with Crippen LogP contribution < -0.4 is 5.32 Å². The number of Topliss-reactive ketones (excluding diaryl/α,β-unsaturated/α-hetero) is 2. The standard InChI is InChI=1S/C46H74N2O13/c1-11-32-20-26(3)19-27(4)21-38(57-9)41-39(58-10)23-29(6)46(55,61-41)42(51)43(52)48-18-14-13-15-34(48)44(53)60-40(30(7)35(49)25-36(32)50)28(5)22-31-16-17-33(37(24-31)56-8)47-45(54)59-12-2/h20,22,27,29-35,37-41,49,55H,11-19,21,23-25H2,1-10H3,(H,47,54)/b26-20+,28-22+/t27-,29+,30+,31-,32+,33-,34-,35-,37+,38-,39-,40+,41+,46+/m0/s1. The van der Waals surface area contributed by atoms with Crippen molar-refractivity contribution in [2.45, 2.75) is 174 Å². The van der Waals surface area contributed by atoms with E-state index in [0.29, 0.717) is 56.9 Å². The molecular formula is C46H74N2O13. The Morgan fingerprint density at radius 3 is 2.26 bits per heavy atom. The highest BCUT2D eigenvalue weighted by Crippen LogP contribution is 2.39. The molecule has 346 valence electrons. The Morgan fingerprint density at radius 2 is 1.62 bits per heavy atom. The van der Waals surface area contributed by atoms with E-state index < -0.39 is 83.9 Å². The van der Waals surface area contributed by atoms with Gasteiger partial charge in [0.25, 0.3) is 11.7 Å². The maximum Gasteiger partial charge on any atom is 0.407 e. The van der Waals surface area contributed by atoms with Crippen LogP contribution in [-0.2, 0) is 47.6 Å². The molecule has 2 bridgehead atoms. The fourth-order valence-corrected chi connectivity index (χ4v) is 9.90. The number of ether oxygens (including phenoxy) is 6. The summed E-state index contributed by atoms with van der Waals surface area (Å²) in [6, 6.07) is -1.41. The molecule has 3 N–H and O–H groups in total. The van der Waals surface area contributed by atoms with Gasteiger partial charge in [0, 0.05) is 52.0 Å². The number of alkyl carbamates (subject to hydrolysis) is 1. The summed E-state index contributed by atoms with van der Waals surface area (Å²) in [5.41, 5.74) is 1.63. The minimum absolute atomic E-state index is 0.0234. The Balaban J connectivity index is 1.74. The van der Waals surface area contributed by atoms with Crippen molar-refractivity contribution in [1.29, 1.82) is 0 Å². The van der Waals surface area contributed by atoms with Crippen molar-refractivity contribution in [3.8, 4) is 0 Å². The van der Waals surface area contributed by atoms with Gasteiger partial charge >= 0.3 is 12.1 Å². The van der Waals surface area contributed by atoms with Crippen molar-refractivity contribution in [2.75, 3.05) is 34.5 Å². The highest BCUT2D eigenvalue weighted by atomic mass is 16.7. The Kier molecular flexibility index (Phi) is 19.0. The van der Waals surface area contributed by atoms with Crippen molar-refractivity contribution >= 4 is 29.5 Å². The van der Waals surface area contributed by atoms with E-state index in [1.54, 1.807) is 27.9 Å². The number of fused-ring (bicyclic) bond motifs is 3. The quantitative estimate of drug-likeness (QED) is 0.163. The van der Waals surface area contributed by atoms with Gasteiger partial charge in [0.2, 0.25) is 5.79 Å². The number of ketones is 2. The van der Waals surface area contributed by atoms with Crippen LogP contribution >= 0.6 is 0 Å². The molecule has 1 saturated carbocycles. The summed E-state index contributed by atoms with van der Waals surface area (Å²) >= 11 is 0.